The van der Waals surface area contributed by atoms with Gasteiger partial charge in [0, 0.05) is 25.5 Å². The second kappa shape index (κ2) is 4.32. The van der Waals surface area contributed by atoms with Gasteiger partial charge >= 0.3 is 0 Å². The van der Waals surface area contributed by atoms with Crippen LogP contribution in [0.15, 0.2) is 24.3 Å². The average Bonchev–Trinajstić information content (AvgIpc) is 2.65. The number of rotatable bonds is 3. The van der Waals surface area contributed by atoms with E-state index in [1.54, 1.807) is 4.68 Å². The molecule has 0 unspecified atom stereocenters. The van der Waals surface area contributed by atoms with Gasteiger partial charge in [-0.2, -0.15) is 5.10 Å². The molecular formula is C11H14N4O. The van der Waals surface area contributed by atoms with Crippen molar-refractivity contribution in [1.29, 1.82) is 0 Å². The Kier molecular flexibility index (Phi) is 2.87. The zero-order chi connectivity index (χ0) is 11.5. The topological polar surface area (TPSA) is 72.9 Å². The minimum Gasteiger partial charge on any atom is -0.349 e. The first-order chi connectivity index (χ1) is 7.74. The molecule has 16 heavy (non-hydrogen) atoms. The summed E-state index contributed by atoms with van der Waals surface area (Å²) in [5, 5.41) is 7.78. The normalized spacial score (nSPS) is 10.6. The summed E-state index contributed by atoms with van der Waals surface area (Å²) in [7, 11) is 1.82. The largest absolute Gasteiger partial charge is 0.349 e. The number of nitrogens with zero attached hydrogens (tertiary/aromatic N) is 2. The number of hydrogen-bond donors (Lipinski definition) is 2. The van der Waals surface area contributed by atoms with Crippen LogP contribution in [0.4, 0.5) is 0 Å². The lowest BCUT2D eigenvalue weighted by molar-refractivity contribution is 0.0950. The number of hydrogen-bond acceptors (Lipinski definition) is 3. The third kappa shape index (κ3) is 1.77. The summed E-state index contributed by atoms with van der Waals surface area (Å²) in [5.74, 6) is -0.178. The molecule has 0 radical (unpaired) electrons. The molecule has 1 amide bonds. The monoisotopic (exact) mass is 218 g/mol. The first-order valence-corrected chi connectivity index (χ1v) is 5.14. The summed E-state index contributed by atoms with van der Waals surface area (Å²) in [6.07, 6.45) is 0. The molecule has 3 N–H and O–H groups in total. The minimum absolute atomic E-state index is 0.178. The number of amides is 1. The van der Waals surface area contributed by atoms with Gasteiger partial charge in [-0.3, -0.25) is 9.48 Å². The van der Waals surface area contributed by atoms with Crippen molar-refractivity contribution in [2.24, 2.45) is 12.8 Å². The van der Waals surface area contributed by atoms with Gasteiger partial charge in [0.15, 0.2) is 5.69 Å². The Morgan fingerprint density at radius 3 is 3.00 bits per heavy atom. The van der Waals surface area contributed by atoms with Crippen molar-refractivity contribution < 1.29 is 4.79 Å². The van der Waals surface area contributed by atoms with E-state index in [-0.39, 0.29) is 5.91 Å². The van der Waals surface area contributed by atoms with E-state index in [0.29, 0.717) is 18.8 Å². The standard InChI is InChI=1S/C11H14N4O/c1-15-9-5-3-2-4-8(9)10(14-15)11(16)13-7-6-12/h2-5H,6-7,12H2,1H3,(H,13,16). The molecule has 1 aromatic heterocycles. The van der Waals surface area contributed by atoms with Crippen LogP contribution in [0.2, 0.25) is 0 Å². The molecule has 84 valence electrons. The number of carbonyl (C=O) groups excluding carboxylic acids is 1. The Labute approximate surface area is 93.2 Å². The Hall–Kier alpha value is -1.88. The van der Waals surface area contributed by atoms with Gasteiger partial charge < -0.3 is 11.1 Å². The maximum atomic E-state index is 11.8. The Morgan fingerprint density at radius 1 is 1.50 bits per heavy atom. The second-order valence-electron chi connectivity index (χ2n) is 3.53. The highest BCUT2D eigenvalue weighted by Crippen LogP contribution is 2.16. The van der Waals surface area contributed by atoms with Gasteiger partial charge in [0.05, 0.1) is 5.52 Å². The molecule has 5 heteroatoms. The summed E-state index contributed by atoms with van der Waals surface area (Å²) in [5.41, 5.74) is 6.73. The maximum Gasteiger partial charge on any atom is 0.272 e. The van der Waals surface area contributed by atoms with Gasteiger partial charge in [0.25, 0.3) is 5.91 Å². The van der Waals surface area contributed by atoms with E-state index in [9.17, 15) is 4.79 Å². The van der Waals surface area contributed by atoms with Crippen LogP contribution < -0.4 is 11.1 Å². The number of nitrogens with one attached hydrogen (secondary N) is 1. The van der Waals surface area contributed by atoms with Gasteiger partial charge in [-0.05, 0) is 6.07 Å². The molecule has 0 aliphatic carbocycles. The summed E-state index contributed by atoms with van der Waals surface area (Å²) < 4.78 is 1.70. The second-order valence-corrected chi connectivity index (χ2v) is 3.53. The molecule has 1 aromatic carbocycles. The molecular weight excluding hydrogens is 204 g/mol. The smallest absolute Gasteiger partial charge is 0.272 e. The van der Waals surface area contributed by atoms with E-state index in [2.05, 4.69) is 10.4 Å². The molecule has 1 heterocycles. The van der Waals surface area contributed by atoms with Crippen molar-refractivity contribution in [3.8, 4) is 0 Å². The van der Waals surface area contributed by atoms with Crippen molar-refractivity contribution in [3.63, 3.8) is 0 Å². The van der Waals surface area contributed by atoms with Gasteiger partial charge in [-0.25, -0.2) is 0 Å². The van der Waals surface area contributed by atoms with Crippen LogP contribution in [0.5, 0.6) is 0 Å². The van der Waals surface area contributed by atoms with Crippen LogP contribution in [0.3, 0.4) is 0 Å². The number of aryl methyl sites for hydroxylation is 1. The van der Waals surface area contributed by atoms with Gasteiger partial charge in [0.1, 0.15) is 0 Å². The Balaban J connectivity index is 2.41. The molecule has 0 atom stereocenters. The van der Waals surface area contributed by atoms with E-state index >= 15 is 0 Å². The third-order valence-corrected chi connectivity index (χ3v) is 2.40. The number of nitrogens with two attached hydrogens (primary N) is 1. The molecule has 0 aliphatic rings. The quantitative estimate of drug-likeness (QED) is 0.776. The van der Waals surface area contributed by atoms with E-state index in [1.807, 2.05) is 31.3 Å². The molecule has 0 bridgehead atoms. The van der Waals surface area contributed by atoms with E-state index < -0.39 is 0 Å². The SMILES string of the molecule is Cn1nc(C(=O)NCCN)c2ccccc21. The van der Waals surface area contributed by atoms with Crippen LogP contribution in [-0.2, 0) is 7.05 Å². The fourth-order valence-electron chi connectivity index (χ4n) is 1.65. The van der Waals surface area contributed by atoms with E-state index in [0.717, 1.165) is 10.9 Å². The molecule has 0 spiro atoms. The minimum atomic E-state index is -0.178. The lowest BCUT2D eigenvalue weighted by atomic mass is 10.2. The number of aromatic nitrogens is 2. The molecule has 0 fully saturated rings. The number of para-hydroxylation sites is 1. The third-order valence-electron chi connectivity index (χ3n) is 2.40. The molecule has 0 saturated heterocycles. The molecule has 0 aliphatic heterocycles. The van der Waals surface area contributed by atoms with Crippen LogP contribution in [-0.4, -0.2) is 28.8 Å². The van der Waals surface area contributed by atoms with Crippen molar-refractivity contribution in [2.45, 2.75) is 0 Å². The summed E-state index contributed by atoms with van der Waals surface area (Å²) in [6.45, 7) is 0.889. The zero-order valence-corrected chi connectivity index (χ0v) is 9.10. The molecule has 2 rings (SSSR count). The van der Waals surface area contributed by atoms with E-state index in [1.165, 1.54) is 0 Å². The fraction of sp³-hybridized carbons (Fsp3) is 0.273. The lowest BCUT2D eigenvalue weighted by Crippen LogP contribution is -2.29. The molecule has 2 aromatic rings. The zero-order valence-electron chi connectivity index (χ0n) is 9.10. The van der Waals surface area contributed by atoms with Gasteiger partial charge in [-0.1, -0.05) is 18.2 Å². The lowest BCUT2D eigenvalue weighted by Gasteiger charge is -1.99. The number of carbonyl (C=O) groups is 1. The van der Waals surface area contributed by atoms with Crippen molar-refractivity contribution in [3.05, 3.63) is 30.0 Å². The summed E-state index contributed by atoms with van der Waals surface area (Å²) in [4.78, 5) is 11.8. The molecule has 5 nitrogen and oxygen atoms in total. The number of benzene rings is 1. The predicted octanol–water partition coefficient (Wildman–Crippen LogP) is 0.262. The van der Waals surface area contributed by atoms with E-state index in [4.69, 9.17) is 5.73 Å². The Bertz CT molecular complexity index is 518. The summed E-state index contributed by atoms with van der Waals surface area (Å²) >= 11 is 0. The van der Waals surface area contributed by atoms with Crippen molar-refractivity contribution >= 4 is 16.8 Å². The highest BCUT2D eigenvalue weighted by Gasteiger charge is 2.14. The van der Waals surface area contributed by atoms with Crippen LogP contribution in [0.25, 0.3) is 10.9 Å². The van der Waals surface area contributed by atoms with Crippen LogP contribution in [0, 0.1) is 0 Å². The van der Waals surface area contributed by atoms with Gasteiger partial charge in [-0.15, -0.1) is 0 Å². The average molecular weight is 218 g/mol. The first-order valence-electron chi connectivity index (χ1n) is 5.14. The summed E-state index contributed by atoms with van der Waals surface area (Å²) in [6, 6.07) is 7.64. The first kappa shape index (κ1) is 10.6. The van der Waals surface area contributed by atoms with Crippen LogP contribution >= 0.6 is 0 Å². The fourth-order valence-corrected chi connectivity index (χ4v) is 1.65. The number of fused-ring (bicyclic) bond motifs is 1. The highest BCUT2D eigenvalue weighted by atomic mass is 16.1. The van der Waals surface area contributed by atoms with Crippen molar-refractivity contribution in [2.75, 3.05) is 13.1 Å². The van der Waals surface area contributed by atoms with Crippen LogP contribution in [0.1, 0.15) is 10.5 Å². The highest BCUT2D eigenvalue weighted by molar-refractivity contribution is 6.04. The molecule has 0 saturated carbocycles. The van der Waals surface area contributed by atoms with Crippen molar-refractivity contribution in [1.82, 2.24) is 15.1 Å². The predicted molar refractivity (Wildman–Crippen MR) is 62.1 cm³/mol. The Morgan fingerprint density at radius 2 is 2.25 bits per heavy atom. The van der Waals surface area contributed by atoms with Gasteiger partial charge in [0.2, 0.25) is 0 Å². The maximum absolute atomic E-state index is 11.8.